The number of hydrogen-bond donors (Lipinski definition) is 2. The molecule has 0 amide bonds. The van der Waals surface area contributed by atoms with E-state index in [0.717, 1.165) is 86.9 Å². The molecule has 4 heterocycles. The number of methoxy groups -OCH3 is 1. The van der Waals surface area contributed by atoms with Gasteiger partial charge in [0, 0.05) is 94.8 Å². The number of aryl methyl sites for hydroxylation is 5. The second-order valence-electron chi connectivity index (χ2n) is 26.5. The van der Waals surface area contributed by atoms with Crippen LogP contribution in [0.2, 0.25) is 10.0 Å². The lowest BCUT2D eigenvalue weighted by Crippen LogP contribution is -2.52. The molecule has 0 radical (unpaired) electrons. The van der Waals surface area contributed by atoms with Gasteiger partial charge in [0.15, 0.2) is 5.78 Å². The third-order valence-corrected chi connectivity index (χ3v) is 18.3. The van der Waals surface area contributed by atoms with Gasteiger partial charge in [-0.2, -0.15) is 13.2 Å². The highest BCUT2D eigenvalue weighted by molar-refractivity contribution is 6.31. The van der Waals surface area contributed by atoms with Crippen molar-refractivity contribution in [2.75, 3.05) is 59.6 Å². The number of alkyl halides is 3. The van der Waals surface area contributed by atoms with Crippen molar-refractivity contribution in [3.8, 4) is 22.3 Å². The molecule has 4 atom stereocenters. The van der Waals surface area contributed by atoms with E-state index in [1.807, 2.05) is 96.0 Å². The summed E-state index contributed by atoms with van der Waals surface area (Å²) >= 11 is 12.6. The van der Waals surface area contributed by atoms with Gasteiger partial charge >= 0.3 is 24.1 Å². The summed E-state index contributed by atoms with van der Waals surface area (Å²) in [5.74, 6) is -3.76. The lowest BCUT2D eigenvalue weighted by atomic mass is 9.84. The van der Waals surface area contributed by atoms with Crippen molar-refractivity contribution in [3.05, 3.63) is 183 Å². The molecule has 8 rings (SSSR count). The zero-order valence-electron chi connectivity index (χ0n) is 57.9. The molecule has 2 aliphatic rings. The van der Waals surface area contributed by atoms with Crippen LogP contribution in [0.15, 0.2) is 94.8 Å². The SMILES string of the molecule is CCOC(=O)C[C@H](CC(=O)C(CC(C)C)n1cc(CCN2CC(C)C2)c(C)cc1=O)c1cc(-c2c(C)cccc2C)cc(Cl)c1F.CCOC(=O)C[C@H](N)c1cc(-c2c(C)cccc2C)cc(Cl)c1F.COC1CN(CCc2cn(C(CC(C)C)C(=O)O)c(=O)cc2C(F)(F)F)C1. The first kappa shape index (κ1) is 78.9. The number of carboxylic acids is 1. The van der Waals surface area contributed by atoms with Crippen LogP contribution in [0, 0.1) is 64.0 Å². The van der Waals surface area contributed by atoms with Gasteiger partial charge in [0.25, 0.3) is 11.1 Å². The van der Waals surface area contributed by atoms with E-state index in [0.29, 0.717) is 43.6 Å². The minimum absolute atomic E-state index is 0.00976. The monoisotopic (exact) mass is 1390 g/mol. The number of ketones is 1. The summed E-state index contributed by atoms with van der Waals surface area (Å²) < 4.78 is 88.2. The first-order valence-corrected chi connectivity index (χ1v) is 33.9. The number of carbonyl (C=O) groups excluding carboxylic acids is 3. The molecule has 0 bridgehead atoms. The Morgan fingerprint density at radius 1 is 0.629 bits per heavy atom. The van der Waals surface area contributed by atoms with Crippen LogP contribution in [0.3, 0.4) is 0 Å². The molecule has 2 aliphatic heterocycles. The van der Waals surface area contributed by atoms with E-state index in [1.165, 1.54) is 0 Å². The Balaban J connectivity index is 0.000000248. The van der Waals surface area contributed by atoms with E-state index in [4.69, 9.17) is 43.1 Å². The number of aromatic nitrogens is 2. The molecule has 97 heavy (non-hydrogen) atoms. The first-order chi connectivity index (χ1) is 45.6. The number of nitrogens with zero attached hydrogens (tertiary/aromatic N) is 4. The number of halogens is 7. The molecule has 2 saturated heterocycles. The molecule has 0 saturated carbocycles. The standard InChI is InChI=1S/C38H48ClFN2O4.C19H21ClFNO2.C18H25F3N2O4/c1-8-46-36(45)19-29(31-16-30(17-32(39)38(31)40)37-25(5)10-9-11-26(37)6)18-34(43)33(14-23(2)3)42-22-28(27(7)15-35(42)44)12-13-41-20-24(4)21-41;1-4-24-17(23)10-16(22)14-8-13(9-15(20)19(14)21)18-11(2)6-5-7-12(18)3;1-11(2)6-15(17(25)26)23-8-12(4-5-22-9-13(10-22)27-3)14(7-16(23)24)18(19,20)21/h9-11,15-17,22-24,29,33H,8,12-14,18-21H2,1-7H3;5-9,16H,4,10,22H2,1-3H3;7-8,11,13,15H,4-6,9-10H2,1-3H3,(H,25,26)/t29-,33?;16-;/m00./s1. The summed E-state index contributed by atoms with van der Waals surface area (Å²) in [7, 11) is 1.58. The number of pyridine rings is 2. The zero-order chi connectivity index (χ0) is 71.9. The molecule has 6 aromatic rings. The number of nitrogens with two attached hydrogens (primary N) is 1. The number of carbonyl (C=O) groups is 4. The average Bonchev–Trinajstić information content (AvgIpc) is 0.802. The van der Waals surface area contributed by atoms with Gasteiger partial charge in [-0.3, -0.25) is 28.9 Å². The van der Waals surface area contributed by atoms with Crippen LogP contribution < -0.4 is 16.9 Å². The number of carboxylic acid groups (broad SMARTS) is 1. The quantitative estimate of drug-likeness (QED) is 0.0366. The Hall–Kier alpha value is -7.07. The predicted octanol–water partition coefficient (Wildman–Crippen LogP) is 15.1. The molecule has 2 unspecified atom stereocenters. The number of Topliss-reactive ketones (excluding diaryl/α,β-unsaturated/α-hetero) is 1. The number of aliphatic carboxylic acids is 1. The van der Waals surface area contributed by atoms with E-state index in [1.54, 1.807) is 69.7 Å². The molecule has 2 fully saturated rings. The Morgan fingerprint density at radius 3 is 1.55 bits per heavy atom. The first-order valence-electron chi connectivity index (χ1n) is 33.1. The molecular weight excluding hydrogens is 1300 g/mol. The third kappa shape index (κ3) is 21.5. The van der Waals surface area contributed by atoms with Gasteiger partial charge in [0.1, 0.15) is 17.7 Å². The summed E-state index contributed by atoms with van der Waals surface area (Å²) in [6, 6.07) is 17.8. The van der Waals surface area contributed by atoms with Crippen LogP contribution in [-0.2, 0) is 52.4 Å². The number of likely N-dealkylation sites (tertiary alicyclic amines) is 2. The number of ether oxygens (including phenoxy) is 3. The minimum Gasteiger partial charge on any atom is -0.480 e. The van der Waals surface area contributed by atoms with Crippen molar-refractivity contribution in [1.82, 2.24) is 18.9 Å². The lowest BCUT2D eigenvalue weighted by molar-refractivity contribution is -0.144. The van der Waals surface area contributed by atoms with Crippen LogP contribution in [0.25, 0.3) is 22.3 Å². The van der Waals surface area contributed by atoms with Crippen LogP contribution in [0.5, 0.6) is 0 Å². The topological polar surface area (TPSA) is 193 Å². The molecule has 528 valence electrons. The Kier molecular flexibility index (Phi) is 29.0. The Morgan fingerprint density at radius 2 is 1.07 bits per heavy atom. The number of benzene rings is 4. The maximum Gasteiger partial charge on any atom is 0.416 e. The molecule has 0 spiro atoms. The largest absolute Gasteiger partial charge is 0.480 e. The summed E-state index contributed by atoms with van der Waals surface area (Å²) in [4.78, 5) is 80.3. The molecular formula is C75H94Cl2F5N5O10. The molecule has 15 nitrogen and oxygen atoms in total. The van der Waals surface area contributed by atoms with Crippen LogP contribution >= 0.6 is 23.2 Å². The van der Waals surface area contributed by atoms with Crippen LogP contribution in [0.4, 0.5) is 22.0 Å². The maximum absolute atomic E-state index is 15.9. The second kappa shape index (κ2) is 35.6. The normalized spacial score (nSPS) is 14.9. The summed E-state index contributed by atoms with van der Waals surface area (Å²) in [5, 5.41) is 9.35. The molecule has 22 heteroatoms. The van der Waals surface area contributed by atoms with E-state index >= 15 is 4.39 Å². The maximum atomic E-state index is 15.9. The fourth-order valence-electron chi connectivity index (χ4n) is 12.8. The average molecular weight is 1390 g/mol. The van der Waals surface area contributed by atoms with Crippen molar-refractivity contribution in [1.29, 1.82) is 0 Å². The number of esters is 2. The summed E-state index contributed by atoms with van der Waals surface area (Å²) in [6.07, 6.45) is -0.688. The van der Waals surface area contributed by atoms with Gasteiger partial charge in [-0.1, -0.05) is 94.2 Å². The van der Waals surface area contributed by atoms with Gasteiger partial charge < -0.3 is 39.1 Å². The van der Waals surface area contributed by atoms with Crippen molar-refractivity contribution in [2.24, 2.45) is 23.5 Å². The molecule has 2 aromatic heterocycles. The predicted molar refractivity (Wildman–Crippen MR) is 370 cm³/mol. The zero-order valence-corrected chi connectivity index (χ0v) is 59.5. The van der Waals surface area contributed by atoms with Crippen molar-refractivity contribution < 1.29 is 60.4 Å². The highest BCUT2D eigenvalue weighted by Gasteiger charge is 2.37. The molecule has 0 aliphatic carbocycles. The number of hydrogen-bond acceptors (Lipinski definition) is 12. The Bertz CT molecular complexity index is 3820. The lowest BCUT2D eigenvalue weighted by Gasteiger charge is -2.38. The third-order valence-electron chi connectivity index (χ3n) is 17.7. The molecule has 3 N–H and O–H groups in total. The number of rotatable bonds is 27. The second-order valence-corrected chi connectivity index (χ2v) is 27.4. The Labute approximate surface area is 576 Å². The van der Waals surface area contributed by atoms with Gasteiger partial charge in [-0.05, 0) is 183 Å². The van der Waals surface area contributed by atoms with E-state index in [2.05, 4.69) is 11.8 Å². The minimum atomic E-state index is -4.67. The van der Waals surface area contributed by atoms with E-state index in [-0.39, 0.29) is 101 Å². The van der Waals surface area contributed by atoms with Crippen molar-refractivity contribution >= 4 is 46.9 Å². The summed E-state index contributed by atoms with van der Waals surface area (Å²) in [5.41, 5.74) is 13.6. The fourth-order valence-corrected chi connectivity index (χ4v) is 13.2. The van der Waals surface area contributed by atoms with Gasteiger partial charge in [-0.25, -0.2) is 13.6 Å². The summed E-state index contributed by atoms with van der Waals surface area (Å²) in [6.45, 7) is 28.2. The smallest absolute Gasteiger partial charge is 0.416 e. The van der Waals surface area contributed by atoms with Crippen molar-refractivity contribution in [3.63, 3.8) is 0 Å². The van der Waals surface area contributed by atoms with Gasteiger partial charge in [0.2, 0.25) is 0 Å². The van der Waals surface area contributed by atoms with Crippen LogP contribution in [-0.4, -0.2) is 113 Å². The highest BCUT2D eigenvalue weighted by atomic mass is 35.5. The fraction of sp³-hybridized carbons (Fsp3) is 0.493. The van der Waals surface area contributed by atoms with Gasteiger partial charge in [-0.15, -0.1) is 0 Å². The van der Waals surface area contributed by atoms with Gasteiger partial charge in [0.05, 0.1) is 53.8 Å². The highest BCUT2D eigenvalue weighted by Crippen LogP contribution is 2.40. The van der Waals surface area contributed by atoms with Crippen LogP contribution in [0.1, 0.15) is 160 Å². The molecule has 4 aromatic carbocycles. The van der Waals surface area contributed by atoms with Crippen molar-refractivity contribution in [2.45, 2.75) is 164 Å². The van der Waals surface area contributed by atoms with E-state index in [9.17, 15) is 51.4 Å². The van der Waals surface area contributed by atoms with E-state index < -0.39 is 70.9 Å².